The number of carboxylic acid groups (broad SMARTS) is 1. The van der Waals surface area contributed by atoms with Gasteiger partial charge in [0.25, 0.3) is 0 Å². The van der Waals surface area contributed by atoms with Crippen molar-refractivity contribution in [3.8, 4) is 46.0 Å². The fourth-order valence-electron chi connectivity index (χ4n) is 4.51. The number of carboxylic acids is 1. The van der Waals surface area contributed by atoms with E-state index in [-0.39, 0.29) is 5.78 Å². The first-order valence-electron chi connectivity index (χ1n) is 14.0. The zero-order chi connectivity index (χ0) is 34.5. The van der Waals surface area contributed by atoms with Crippen molar-refractivity contribution in [1.29, 1.82) is 0 Å². The van der Waals surface area contributed by atoms with Crippen LogP contribution in [-0.2, 0) is 4.79 Å². The summed E-state index contributed by atoms with van der Waals surface area (Å²) in [5, 5.41) is 9.29. The summed E-state index contributed by atoms with van der Waals surface area (Å²) in [6.07, 6.45) is 1.13. The third kappa shape index (κ3) is 9.10. The SMILES string of the molecule is COc1cc(OC)cc(C(=CC(=O)O)c2ccc(OC)c(OC)c2)c1.COc1cc(OC)cc(C(=O)c2ccc(OC)c(OC)c2)c1. The number of aliphatic carboxylic acids is 1. The molecule has 0 aliphatic carbocycles. The Morgan fingerprint density at radius 2 is 0.830 bits per heavy atom. The van der Waals surface area contributed by atoms with Crippen LogP contribution < -0.4 is 37.9 Å². The lowest BCUT2D eigenvalue weighted by Crippen LogP contribution is -2.03. The van der Waals surface area contributed by atoms with Crippen molar-refractivity contribution in [2.45, 2.75) is 0 Å². The molecule has 0 saturated carbocycles. The van der Waals surface area contributed by atoms with Crippen molar-refractivity contribution in [2.24, 2.45) is 0 Å². The summed E-state index contributed by atoms with van der Waals surface area (Å²) < 4.78 is 41.9. The van der Waals surface area contributed by atoms with E-state index in [4.69, 9.17) is 37.9 Å². The van der Waals surface area contributed by atoms with Crippen LogP contribution in [0.1, 0.15) is 27.0 Å². The van der Waals surface area contributed by atoms with Crippen molar-refractivity contribution in [1.82, 2.24) is 0 Å². The van der Waals surface area contributed by atoms with Gasteiger partial charge >= 0.3 is 5.97 Å². The van der Waals surface area contributed by atoms with Gasteiger partial charge in [0.15, 0.2) is 28.8 Å². The monoisotopic (exact) mass is 646 g/mol. The van der Waals surface area contributed by atoms with Crippen LogP contribution in [0.4, 0.5) is 0 Å². The number of hydrogen-bond donors (Lipinski definition) is 1. The smallest absolute Gasteiger partial charge is 0.328 e. The van der Waals surface area contributed by atoms with E-state index in [1.165, 1.54) is 28.4 Å². The molecule has 11 nitrogen and oxygen atoms in total. The van der Waals surface area contributed by atoms with E-state index in [0.29, 0.717) is 73.8 Å². The molecule has 0 spiro atoms. The molecule has 0 unspecified atom stereocenters. The number of ether oxygens (including phenoxy) is 8. The Bertz CT molecular complexity index is 1680. The molecule has 0 radical (unpaired) electrons. The fraction of sp³-hybridized carbons (Fsp3) is 0.222. The molecule has 0 saturated heterocycles. The van der Waals surface area contributed by atoms with Crippen molar-refractivity contribution in [3.63, 3.8) is 0 Å². The molecule has 1 N–H and O–H groups in total. The molecular weight excluding hydrogens is 608 g/mol. The number of carbonyl (C=O) groups is 2. The maximum Gasteiger partial charge on any atom is 0.328 e. The fourth-order valence-corrected chi connectivity index (χ4v) is 4.51. The van der Waals surface area contributed by atoms with Crippen molar-refractivity contribution >= 4 is 17.3 Å². The lowest BCUT2D eigenvalue weighted by atomic mass is 9.96. The van der Waals surface area contributed by atoms with Gasteiger partial charge in [0.2, 0.25) is 0 Å². The summed E-state index contributed by atoms with van der Waals surface area (Å²) in [6.45, 7) is 0. The number of carbonyl (C=O) groups excluding carboxylic acids is 1. The summed E-state index contributed by atoms with van der Waals surface area (Å²) in [4.78, 5) is 24.0. The van der Waals surface area contributed by atoms with E-state index in [0.717, 1.165) is 6.08 Å². The van der Waals surface area contributed by atoms with Crippen molar-refractivity contribution in [2.75, 3.05) is 56.9 Å². The van der Waals surface area contributed by atoms with Crippen LogP contribution in [0.3, 0.4) is 0 Å². The first-order chi connectivity index (χ1) is 22.6. The lowest BCUT2D eigenvalue weighted by Gasteiger charge is -2.14. The first kappa shape index (κ1) is 35.6. The maximum atomic E-state index is 12.6. The molecule has 0 aromatic heterocycles. The highest BCUT2D eigenvalue weighted by Gasteiger charge is 2.16. The molecule has 11 heteroatoms. The average molecular weight is 647 g/mol. The van der Waals surface area contributed by atoms with Crippen LogP contribution in [0.5, 0.6) is 46.0 Å². The highest BCUT2D eigenvalue weighted by molar-refractivity contribution is 6.09. The van der Waals surface area contributed by atoms with Crippen LogP contribution >= 0.6 is 0 Å². The molecule has 248 valence electrons. The van der Waals surface area contributed by atoms with Gasteiger partial charge in [-0.2, -0.15) is 0 Å². The Kier molecular flexibility index (Phi) is 12.9. The van der Waals surface area contributed by atoms with E-state index in [9.17, 15) is 14.7 Å². The molecular formula is C36H38O11. The predicted octanol–water partition coefficient (Wildman–Crippen LogP) is 6.19. The minimum absolute atomic E-state index is 0.154. The highest BCUT2D eigenvalue weighted by atomic mass is 16.5. The summed E-state index contributed by atoms with van der Waals surface area (Å²) in [5.41, 5.74) is 2.77. The van der Waals surface area contributed by atoms with Gasteiger partial charge in [0.05, 0.1) is 56.9 Å². The van der Waals surface area contributed by atoms with E-state index in [1.54, 1.807) is 101 Å². The van der Waals surface area contributed by atoms with Crippen molar-refractivity contribution in [3.05, 3.63) is 101 Å². The predicted molar refractivity (Wildman–Crippen MR) is 176 cm³/mol. The number of methoxy groups -OCH3 is 8. The normalized spacial score (nSPS) is 10.5. The molecule has 47 heavy (non-hydrogen) atoms. The molecule has 0 aliphatic rings. The van der Waals surface area contributed by atoms with Crippen LogP contribution in [0.15, 0.2) is 78.9 Å². The second kappa shape index (κ2) is 17.0. The number of rotatable bonds is 13. The highest BCUT2D eigenvalue weighted by Crippen LogP contribution is 2.35. The van der Waals surface area contributed by atoms with Crippen molar-refractivity contribution < 1.29 is 52.6 Å². The van der Waals surface area contributed by atoms with Gasteiger partial charge in [-0.3, -0.25) is 4.79 Å². The van der Waals surface area contributed by atoms with Crippen LogP contribution in [-0.4, -0.2) is 73.7 Å². The van der Waals surface area contributed by atoms with Crippen LogP contribution in [0.2, 0.25) is 0 Å². The third-order valence-electron chi connectivity index (χ3n) is 6.88. The summed E-state index contributed by atoms with van der Waals surface area (Å²) in [5.74, 6) is 3.16. The minimum Gasteiger partial charge on any atom is -0.497 e. The Morgan fingerprint density at radius 3 is 1.21 bits per heavy atom. The third-order valence-corrected chi connectivity index (χ3v) is 6.88. The number of benzene rings is 4. The largest absolute Gasteiger partial charge is 0.497 e. The Hall–Kier alpha value is -5.84. The minimum atomic E-state index is -1.06. The lowest BCUT2D eigenvalue weighted by molar-refractivity contribution is -0.131. The molecule has 4 aromatic carbocycles. The quantitative estimate of drug-likeness (QED) is 0.132. The summed E-state index contributed by atoms with van der Waals surface area (Å²) in [7, 11) is 12.3. The van der Waals surface area contributed by atoms with Crippen LogP contribution in [0, 0.1) is 0 Å². The summed E-state index contributed by atoms with van der Waals surface area (Å²) >= 11 is 0. The molecule has 4 rings (SSSR count). The van der Waals surface area contributed by atoms with Gasteiger partial charge in [-0.25, -0.2) is 4.79 Å². The molecule has 0 amide bonds. The van der Waals surface area contributed by atoms with Gasteiger partial charge in [-0.1, -0.05) is 6.07 Å². The van der Waals surface area contributed by atoms with Gasteiger partial charge in [0.1, 0.15) is 23.0 Å². The Balaban J connectivity index is 0.000000257. The van der Waals surface area contributed by atoms with Crippen LogP contribution in [0.25, 0.3) is 5.57 Å². The zero-order valence-electron chi connectivity index (χ0n) is 27.5. The zero-order valence-corrected chi connectivity index (χ0v) is 27.5. The van der Waals surface area contributed by atoms with E-state index >= 15 is 0 Å². The second-order valence-electron chi connectivity index (χ2n) is 9.57. The van der Waals surface area contributed by atoms with Gasteiger partial charge in [-0.05, 0) is 71.3 Å². The summed E-state index contributed by atoms with van der Waals surface area (Å²) in [6, 6.07) is 20.5. The standard InChI is InChI=1S/C19H20O6.C17H18O5/c1-22-14-7-13(8-15(10-14)23-2)16(11-19(20)21)12-5-6-17(24-3)18(9-12)25-4;1-19-13-7-12(8-14(10-13)20-2)17(18)11-5-6-15(21-3)16(9-11)22-4/h5-11H,1-4H3,(H,20,21);5-10H,1-4H3. The van der Waals surface area contributed by atoms with Gasteiger partial charge < -0.3 is 43.0 Å². The first-order valence-corrected chi connectivity index (χ1v) is 14.0. The second-order valence-corrected chi connectivity index (χ2v) is 9.57. The maximum absolute atomic E-state index is 12.6. The topological polar surface area (TPSA) is 128 Å². The average Bonchev–Trinajstić information content (AvgIpc) is 3.12. The molecule has 0 heterocycles. The van der Waals surface area contributed by atoms with E-state index in [2.05, 4.69) is 0 Å². The van der Waals surface area contributed by atoms with Gasteiger partial charge in [-0.15, -0.1) is 0 Å². The number of hydrogen-bond acceptors (Lipinski definition) is 10. The van der Waals surface area contributed by atoms with Gasteiger partial charge in [0, 0.05) is 29.3 Å². The van der Waals surface area contributed by atoms with E-state index < -0.39 is 5.97 Å². The van der Waals surface area contributed by atoms with E-state index in [1.807, 2.05) is 0 Å². The molecule has 0 atom stereocenters. The molecule has 0 fully saturated rings. The molecule has 4 aromatic rings. The molecule has 0 aliphatic heterocycles. The number of ketones is 1. The Labute approximate surface area is 273 Å². The Morgan fingerprint density at radius 1 is 0.447 bits per heavy atom. The molecule has 0 bridgehead atoms.